The van der Waals surface area contributed by atoms with Crippen molar-refractivity contribution in [2.45, 2.75) is 0 Å². The SMILES string of the molecule is O=C(Nc1ncccc1Cl)c1c(F)cccc1Cl. The number of hydrogen-bond acceptors (Lipinski definition) is 2. The maximum Gasteiger partial charge on any atom is 0.261 e. The highest BCUT2D eigenvalue weighted by Gasteiger charge is 2.17. The van der Waals surface area contributed by atoms with Crippen molar-refractivity contribution in [2.24, 2.45) is 0 Å². The fourth-order valence-electron chi connectivity index (χ4n) is 1.36. The van der Waals surface area contributed by atoms with E-state index in [2.05, 4.69) is 10.3 Å². The van der Waals surface area contributed by atoms with Gasteiger partial charge in [0.2, 0.25) is 0 Å². The molecule has 6 heteroatoms. The smallest absolute Gasteiger partial charge is 0.261 e. The fraction of sp³-hybridized carbons (Fsp3) is 0. The third-order valence-corrected chi connectivity index (χ3v) is 2.80. The van der Waals surface area contributed by atoms with Crippen molar-refractivity contribution in [3.8, 4) is 0 Å². The van der Waals surface area contributed by atoms with E-state index in [4.69, 9.17) is 23.2 Å². The molecule has 0 atom stereocenters. The van der Waals surface area contributed by atoms with E-state index in [9.17, 15) is 9.18 Å². The van der Waals surface area contributed by atoms with Crippen LogP contribution in [0.3, 0.4) is 0 Å². The van der Waals surface area contributed by atoms with Gasteiger partial charge in [0.25, 0.3) is 5.91 Å². The van der Waals surface area contributed by atoms with Crippen LogP contribution in [0.4, 0.5) is 10.2 Å². The molecule has 1 aromatic heterocycles. The number of aromatic nitrogens is 1. The van der Waals surface area contributed by atoms with Crippen molar-refractivity contribution in [3.63, 3.8) is 0 Å². The number of hydrogen-bond donors (Lipinski definition) is 1. The number of carbonyl (C=O) groups is 1. The van der Waals surface area contributed by atoms with Gasteiger partial charge in [0.1, 0.15) is 5.82 Å². The number of benzene rings is 1. The Labute approximate surface area is 113 Å². The van der Waals surface area contributed by atoms with E-state index in [0.29, 0.717) is 0 Å². The highest BCUT2D eigenvalue weighted by Crippen LogP contribution is 2.22. The molecule has 1 aromatic carbocycles. The van der Waals surface area contributed by atoms with Crippen LogP contribution in [0.25, 0.3) is 0 Å². The summed E-state index contributed by atoms with van der Waals surface area (Å²) in [5.41, 5.74) is -0.235. The maximum atomic E-state index is 13.5. The van der Waals surface area contributed by atoms with Gasteiger partial charge in [0.15, 0.2) is 5.82 Å². The van der Waals surface area contributed by atoms with E-state index in [-0.39, 0.29) is 21.4 Å². The van der Waals surface area contributed by atoms with Crippen LogP contribution in [-0.4, -0.2) is 10.9 Å². The molecule has 0 bridgehead atoms. The molecule has 0 spiro atoms. The van der Waals surface area contributed by atoms with Crippen LogP contribution >= 0.6 is 23.2 Å². The summed E-state index contributed by atoms with van der Waals surface area (Å²) in [4.78, 5) is 15.7. The number of anilines is 1. The second kappa shape index (κ2) is 5.33. The summed E-state index contributed by atoms with van der Waals surface area (Å²) < 4.78 is 13.5. The van der Waals surface area contributed by atoms with Crippen molar-refractivity contribution in [1.82, 2.24) is 4.98 Å². The summed E-state index contributed by atoms with van der Waals surface area (Å²) in [6.45, 7) is 0. The number of pyridine rings is 1. The van der Waals surface area contributed by atoms with E-state index < -0.39 is 11.7 Å². The summed E-state index contributed by atoms with van der Waals surface area (Å²) in [6, 6.07) is 7.18. The van der Waals surface area contributed by atoms with Gasteiger partial charge in [0, 0.05) is 6.20 Å². The second-order valence-electron chi connectivity index (χ2n) is 3.38. The molecule has 0 saturated carbocycles. The van der Waals surface area contributed by atoms with Gasteiger partial charge < -0.3 is 5.32 Å². The van der Waals surface area contributed by atoms with Gasteiger partial charge in [-0.2, -0.15) is 0 Å². The summed E-state index contributed by atoms with van der Waals surface area (Å²) >= 11 is 11.6. The van der Waals surface area contributed by atoms with Gasteiger partial charge in [0.05, 0.1) is 15.6 Å². The van der Waals surface area contributed by atoms with E-state index in [1.807, 2.05) is 0 Å². The van der Waals surface area contributed by atoms with Crippen LogP contribution in [0.1, 0.15) is 10.4 Å². The molecule has 0 aliphatic carbocycles. The maximum absolute atomic E-state index is 13.5. The van der Waals surface area contributed by atoms with Crippen molar-refractivity contribution in [2.75, 3.05) is 5.32 Å². The van der Waals surface area contributed by atoms with Gasteiger partial charge in [-0.15, -0.1) is 0 Å². The predicted molar refractivity (Wildman–Crippen MR) is 68.6 cm³/mol. The molecule has 18 heavy (non-hydrogen) atoms. The van der Waals surface area contributed by atoms with E-state index in [0.717, 1.165) is 6.07 Å². The summed E-state index contributed by atoms with van der Waals surface area (Å²) in [7, 11) is 0. The lowest BCUT2D eigenvalue weighted by Crippen LogP contribution is -2.15. The number of nitrogens with zero attached hydrogens (tertiary/aromatic N) is 1. The topological polar surface area (TPSA) is 42.0 Å². The van der Waals surface area contributed by atoms with Crippen molar-refractivity contribution in [3.05, 3.63) is 58.0 Å². The van der Waals surface area contributed by atoms with Crippen LogP contribution in [0.2, 0.25) is 10.0 Å². The largest absolute Gasteiger partial charge is 0.305 e. The molecule has 3 nitrogen and oxygen atoms in total. The normalized spacial score (nSPS) is 10.2. The molecule has 1 N–H and O–H groups in total. The highest BCUT2D eigenvalue weighted by atomic mass is 35.5. The van der Waals surface area contributed by atoms with E-state index in [1.54, 1.807) is 12.1 Å². The van der Waals surface area contributed by atoms with Gasteiger partial charge in [-0.25, -0.2) is 9.37 Å². The lowest BCUT2D eigenvalue weighted by atomic mass is 10.2. The zero-order valence-electron chi connectivity index (χ0n) is 8.95. The Morgan fingerprint density at radius 1 is 1.17 bits per heavy atom. The lowest BCUT2D eigenvalue weighted by Gasteiger charge is -2.07. The first kappa shape index (κ1) is 12.8. The van der Waals surface area contributed by atoms with Gasteiger partial charge >= 0.3 is 0 Å². The van der Waals surface area contributed by atoms with Crippen molar-refractivity contribution in [1.29, 1.82) is 0 Å². The van der Waals surface area contributed by atoms with Crippen LogP contribution < -0.4 is 5.32 Å². The minimum absolute atomic E-state index is 0.0274. The molecule has 1 heterocycles. The Morgan fingerprint density at radius 3 is 2.56 bits per heavy atom. The number of amides is 1. The van der Waals surface area contributed by atoms with E-state index in [1.165, 1.54) is 18.3 Å². The Morgan fingerprint density at radius 2 is 1.89 bits per heavy atom. The number of halogens is 3. The van der Waals surface area contributed by atoms with Crippen molar-refractivity contribution < 1.29 is 9.18 Å². The third kappa shape index (κ3) is 2.60. The van der Waals surface area contributed by atoms with E-state index >= 15 is 0 Å². The van der Waals surface area contributed by atoms with Crippen LogP contribution in [0.15, 0.2) is 36.5 Å². The predicted octanol–water partition coefficient (Wildman–Crippen LogP) is 3.78. The quantitative estimate of drug-likeness (QED) is 0.912. The summed E-state index contributed by atoms with van der Waals surface area (Å²) in [5, 5.41) is 2.69. The first-order chi connectivity index (χ1) is 8.59. The molecule has 2 aromatic rings. The highest BCUT2D eigenvalue weighted by molar-refractivity contribution is 6.35. The van der Waals surface area contributed by atoms with Gasteiger partial charge in [-0.1, -0.05) is 29.3 Å². The summed E-state index contributed by atoms with van der Waals surface area (Å²) in [6.07, 6.45) is 1.46. The lowest BCUT2D eigenvalue weighted by molar-refractivity contribution is 0.102. The minimum Gasteiger partial charge on any atom is -0.305 e. The molecule has 0 radical (unpaired) electrons. The molecule has 0 aliphatic heterocycles. The van der Waals surface area contributed by atoms with Gasteiger partial charge in [-0.05, 0) is 24.3 Å². The monoisotopic (exact) mass is 284 g/mol. The molecular weight excluding hydrogens is 278 g/mol. The Balaban J connectivity index is 2.31. The average Bonchev–Trinajstić information content (AvgIpc) is 2.32. The number of nitrogens with one attached hydrogen (secondary N) is 1. The first-order valence-electron chi connectivity index (χ1n) is 4.95. The van der Waals surface area contributed by atoms with Crippen LogP contribution in [0.5, 0.6) is 0 Å². The Hall–Kier alpha value is -1.65. The standard InChI is InChI=1S/C12H7Cl2FN2O/c13-7-3-1-5-9(15)10(7)12(18)17-11-8(14)4-2-6-16-11/h1-6H,(H,16,17,18). The molecule has 1 amide bonds. The zero-order chi connectivity index (χ0) is 13.1. The molecule has 0 fully saturated rings. The van der Waals surface area contributed by atoms with Gasteiger partial charge in [-0.3, -0.25) is 4.79 Å². The zero-order valence-corrected chi connectivity index (χ0v) is 10.5. The Kier molecular flexibility index (Phi) is 3.79. The number of rotatable bonds is 2. The third-order valence-electron chi connectivity index (χ3n) is 2.18. The summed E-state index contributed by atoms with van der Waals surface area (Å²) in [5.74, 6) is -1.24. The molecule has 92 valence electrons. The van der Waals surface area contributed by atoms with Crippen LogP contribution in [0, 0.1) is 5.82 Å². The molecule has 0 saturated heterocycles. The minimum atomic E-state index is -0.702. The molecule has 0 aliphatic rings. The second-order valence-corrected chi connectivity index (χ2v) is 4.20. The Bertz CT molecular complexity index is 584. The van der Waals surface area contributed by atoms with Crippen LogP contribution in [-0.2, 0) is 0 Å². The number of carbonyl (C=O) groups excluding carboxylic acids is 1. The first-order valence-corrected chi connectivity index (χ1v) is 5.71. The molecular formula is C12H7Cl2FN2O. The fourth-order valence-corrected chi connectivity index (χ4v) is 1.78. The molecule has 2 rings (SSSR count). The average molecular weight is 285 g/mol. The van der Waals surface area contributed by atoms with Crippen molar-refractivity contribution >= 4 is 34.9 Å². The molecule has 0 unspecified atom stereocenters.